The molecule has 0 aliphatic heterocycles. The van der Waals surface area contributed by atoms with Crippen LogP contribution in [0.2, 0.25) is 0 Å². The summed E-state index contributed by atoms with van der Waals surface area (Å²) in [6.07, 6.45) is 5.14. The second kappa shape index (κ2) is 3.90. The SMILES string of the molecule is CC1=CC(C)(C(O)C(C)C)CC(C)=C1. The van der Waals surface area contributed by atoms with Gasteiger partial charge in [0.05, 0.1) is 6.10 Å². The van der Waals surface area contributed by atoms with Crippen molar-refractivity contribution in [2.45, 2.75) is 47.1 Å². The number of allylic oxidation sites excluding steroid dienone is 3. The maximum Gasteiger partial charge on any atom is 0.0654 e. The van der Waals surface area contributed by atoms with Gasteiger partial charge in [-0.3, -0.25) is 0 Å². The van der Waals surface area contributed by atoms with Gasteiger partial charge in [0, 0.05) is 5.41 Å². The molecule has 0 aromatic carbocycles. The summed E-state index contributed by atoms with van der Waals surface area (Å²) in [4.78, 5) is 0. The van der Waals surface area contributed by atoms with E-state index in [2.05, 4.69) is 46.8 Å². The van der Waals surface area contributed by atoms with Gasteiger partial charge in [-0.15, -0.1) is 0 Å². The van der Waals surface area contributed by atoms with E-state index in [-0.39, 0.29) is 11.5 Å². The topological polar surface area (TPSA) is 20.2 Å². The Hall–Kier alpha value is -0.560. The Labute approximate surface area is 87.5 Å². The number of hydrogen-bond donors (Lipinski definition) is 1. The molecule has 0 saturated heterocycles. The highest BCUT2D eigenvalue weighted by molar-refractivity contribution is 5.30. The van der Waals surface area contributed by atoms with Gasteiger partial charge in [0.2, 0.25) is 0 Å². The van der Waals surface area contributed by atoms with E-state index in [1.54, 1.807) is 0 Å². The van der Waals surface area contributed by atoms with Crippen LogP contribution >= 0.6 is 0 Å². The van der Waals surface area contributed by atoms with Gasteiger partial charge in [-0.25, -0.2) is 0 Å². The van der Waals surface area contributed by atoms with Crippen molar-refractivity contribution >= 4 is 0 Å². The van der Waals surface area contributed by atoms with E-state index in [1.807, 2.05) is 0 Å². The van der Waals surface area contributed by atoms with Crippen LogP contribution in [0.5, 0.6) is 0 Å². The minimum atomic E-state index is -0.249. The fourth-order valence-electron chi connectivity index (χ4n) is 2.60. The molecule has 1 N–H and O–H groups in total. The lowest BCUT2D eigenvalue weighted by molar-refractivity contribution is 0.0298. The van der Waals surface area contributed by atoms with Gasteiger partial charge in [0.15, 0.2) is 0 Å². The smallest absolute Gasteiger partial charge is 0.0654 e. The van der Waals surface area contributed by atoms with Gasteiger partial charge in [0.25, 0.3) is 0 Å². The van der Waals surface area contributed by atoms with Crippen LogP contribution in [-0.2, 0) is 0 Å². The second-order valence-corrected chi connectivity index (χ2v) is 5.25. The molecule has 1 aliphatic rings. The summed E-state index contributed by atoms with van der Waals surface area (Å²) in [6.45, 7) is 10.5. The standard InChI is InChI=1S/C13H22O/c1-9(2)12(14)13(5)7-10(3)6-11(4)8-13/h6-7,9,12,14H,8H2,1-5H3. The van der Waals surface area contributed by atoms with E-state index < -0.39 is 0 Å². The van der Waals surface area contributed by atoms with Crippen LogP contribution in [0.4, 0.5) is 0 Å². The first-order valence-electron chi connectivity index (χ1n) is 5.40. The molecule has 1 nitrogen and oxygen atoms in total. The van der Waals surface area contributed by atoms with E-state index in [0.29, 0.717) is 5.92 Å². The number of rotatable bonds is 2. The number of aliphatic hydroxyl groups is 1. The summed E-state index contributed by atoms with van der Waals surface area (Å²) in [5.74, 6) is 0.315. The van der Waals surface area contributed by atoms with Crippen LogP contribution in [0.15, 0.2) is 23.3 Å². The zero-order chi connectivity index (χ0) is 10.9. The van der Waals surface area contributed by atoms with Gasteiger partial charge in [-0.05, 0) is 26.2 Å². The van der Waals surface area contributed by atoms with Gasteiger partial charge < -0.3 is 5.11 Å². The first-order chi connectivity index (χ1) is 6.35. The third-order valence-electron chi connectivity index (χ3n) is 3.00. The average molecular weight is 194 g/mol. The van der Waals surface area contributed by atoms with Crippen LogP contribution < -0.4 is 0 Å². The Balaban J connectivity index is 2.92. The van der Waals surface area contributed by atoms with Crippen molar-refractivity contribution in [3.63, 3.8) is 0 Å². The highest BCUT2D eigenvalue weighted by atomic mass is 16.3. The molecule has 2 atom stereocenters. The number of hydrogen-bond acceptors (Lipinski definition) is 1. The van der Waals surface area contributed by atoms with E-state index >= 15 is 0 Å². The van der Waals surface area contributed by atoms with E-state index in [0.717, 1.165) is 6.42 Å². The minimum absolute atomic E-state index is 0.0723. The lowest BCUT2D eigenvalue weighted by Crippen LogP contribution is -2.36. The molecule has 0 heterocycles. The molecular formula is C13H22O. The molecule has 0 bridgehead atoms. The molecule has 0 saturated carbocycles. The Morgan fingerprint density at radius 3 is 2.36 bits per heavy atom. The van der Waals surface area contributed by atoms with Crippen molar-refractivity contribution in [2.75, 3.05) is 0 Å². The minimum Gasteiger partial charge on any atom is -0.392 e. The fourth-order valence-corrected chi connectivity index (χ4v) is 2.60. The molecule has 0 radical (unpaired) electrons. The van der Waals surface area contributed by atoms with Crippen molar-refractivity contribution < 1.29 is 5.11 Å². The Bertz CT molecular complexity index is 273. The van der Waals surface area contributed by atoms with Crippen molar-refractivity contribution in [3.8, 4) is 0 Å². The van der Waals surface area contributed by atoms with Crippen molar-refractivity contribution in [3.05, 3.63) is 23.3 Å². The van der Waals surface area contributed by atoms with E-state index in [1.165, 1.54) is 11.1 Å². The zero-order valence-electron chi connectivity index (χ0n) is 9.96. The molecule has 1 rings (SSSR count). The molecule has 2 unspecified atom stereocenters. The van der Waals surface area contributed by atoms with Gasteiger partial charge in [0.1, 0.15) is 0 Å². The van der Waals surface area contributed by atoms with Gasteiger partial charge >= 0.3 is 0 Å². The first-order valence-corrected chi connectivity index (χ1v) is 5.40. The monoisotopic (exact) mass is 194 g/mol. The molecule has 1 aliphatic carbocycles. The molecule has 0 spiro atoms. The molecule has 0 fully saturated rings. The predicted octanol–water partition coefficient (Wildman–Crippen LogP) is 3.31. The van der Waals surface area contributed by atoms with E-state index in [4.69, 9.17) is 0 Å². The van der Waals surface area contributed by atoms with Crippen LogP contribution in [0, 0.1) is 11.3 Å². The summed E-state index contributed by atoms with van der Waals surface area (Å²) in [6, 6.07) is 0. The highest BCUT2D eigenvalue weighted by Gasteiger charge is 2.34. The lowest BCUT2D eigenvalue weighted by atomic mass is 9.71. The fraction of sp³-hybridized carbons (Fsp3) is 0.692. The largest absolute Gasteiger partial charge is 0.392 e. The zero-order valence-corrected chi connectivity index (χ0v) is 9.96. The van der Waals surface area contributed by atoms with E-state index in [9.17, 15) is 5.11 Å². The summed E-state index contributed by atoms with van der Waals surface area (Å²) in [5, 5.41) is 10.2. The molecule has 80 valence electrons. The molecular weight excluding hydrogens is 172 g/mol. The second-order valence-electron chi connectivity index (χ2n) is 5.25. The molecule has 1 heteroatoms. The Morgan fingerprint density at radius 2 is 1.93 bits per heavy atom. The van der Waals surface area contributed by atoms with Crippen LogP contribution in [0.3, 0.4) is 0 Å². The molecule has 0 aromatic heterocycles. The van der Waals surface area contributed by atoms with Gasteiger partial charge in [-0.1, -0.05) is 44.1 Å². The quantitative estimate of drug-likeness (QED) is 0.715. The molecule has 14 heavy (non-hydrogen) atoms. The first kappa shape index (κ1) is 11.5. The van der Waals surface area contributed by atoms with Crippen LogP contribution in [0.25, 0.3) is 0 Å². The normalized spacial score (nSPS) is 29.9. The Kier molecular flexibility index (Phi) is 3.20. The maximum absolute atomic E-state index is 10.2. The van der Waals surface area contributed by atoms with Crippen LogP contribution in [0.1, 0.15) is 41.0 Å². The van der Waals surface area contributed by atoms with Crippen molar-refractivity contribution in [1.82, 2.24) is 0 Å². The number of aliphatic hydroxyl groups excluding tert-OH is 1. The average Bonchev–Trinajstić information content (AvgIpc) is 1.99. The third kappa shape index (κ3) is 2.27. The van der Waals surface area contributed by atoms with Crippen molar-refractivity contribution in [2.24, 2.45) is 11.3 Å². The molecule has 0 amide bonds. The predicted molar refractivity (Wildman–Crippen MR) is 61.1 cm³/mol. The third-order valence-corrected chi connectivity index (χ3v) is 3.00. The summed E-state index contributed by atoms with van der Waals surface area (Å²) in [5.41, 5.74) is 2.57. The lowest BCUT2D eigenvalue weighted by Gasteiger charge is -2.37. The summed E-state index contributed by atoms with van der Waals surface area (Å²) < 4.78 is 0. The van der Waals surface area contributed by atoms with Gasteiger partial charge in [-0.2, -0.15) is 0 Å². The van der Waals surface area contributed by atoms with Crippen molar-refractivity contribution in [1.29, 1.82) is 0 Å². The maximum atomic E-state index is 10.2. The summed E-state index contributed by atoms with van der Waals surface area (Å²) in [7, 11) is 0. The van der Waals surface area contributed by atoms with Crippen LogP contribution in [-0.4, -0.2) is 11.2 Å². The summed E-state index contributed by atoms with van der Waals surface area (Å²) >= 11 is 0. The Morgan fingerprint density at radius 1 is 1.36 bits per heavy atom. The molecule has 0 aromatic rings. The highest BCUT2D eigenvalue weighted by Crippen LogP contribution is 2.39.